The number of aromatic hydroxyl groups is 1. The van der Waals surface area contributed by atoms with E-state index in [2.05, 4.69) is 123 Å². The molecule has 19 nitrogen and oxygen atoms in total. The van der Waals surface area contributed by atoms with Crippen LogP contribution in [-0.2, 0) is 62.7 Å². The number of rotatable bonds is 25. The topological polar surface area (TPSA) is 252 Å². The van der Waals surface area contributed by atoms with Gasteiger partial charge in [-0.05, 0) is 102 Å². The standard InChI is InChI=1S/C27H32BrNO6.C22H20N2O5.C15H22Br2O2.CH2O3.2Cs.H/c1-5-32-12-13-33-25-14-19(23(28)16-22(25)27(2,3)4)17-34-20-8-6-18(7-9-20)21(15-26(30)31)24-10-11-35-29-24;25-18-8-6-16(7-9-18)19(20-10-11-29-23-20)13-21(26)24-17(14-28-22(24)27)12-15-4-2-1-3-5-15;1-5-18-6-7-19-14-8-11(10-16)13(17)9-12(14)15(2,3)4;2-1-4-3;;;/h6-11,14,16,21H,5,12-13,15,17H2,1-4H3,(H,30,31);1-11,17,19,25H,12-14H2;8-9H,5-7,10H2,1-4H3;1,3H;;;/q;;;;2*+1;-1/p-1/t21-;17-,19-;;;;;/m00...../s1. The van der Waals surface area contributed by atoms with Crippen LogP contribution in [0.3, 0.4) is 0 Å². The number of phenolic OH excluding ortho intramolecular Hbond substituents is 1. The number of carbonyl (C=O) groups is 4. The third kappa shape index (κ3) is 26.7. The molecule has 8 rings (SSSR count). The Kier molecular flexibility index (Phi) is 37.6. The number of aliphatic carboxylic acids is 1. The number of carbonyl (C=O) groups excluding carboxylic acids is 3. The molecule has 1 aliphatic heterocycles. The van der Waals surface area contributed by atoms with Crippen LogP contribution >= 0.6 is 47.8 Å². The molecule has 470 valence electrons. The van der Waals surface area contributed by atoms with Crippen LogP contribution in [0.1, 0.15) is 132 Å². The first-order valence-electron chi connectivity index (χ1n) is 28.0. The summed E-state index contributed by atoms with van der Waals surface area (Å²) in [4.78, 5) is 49.2. The minimum absolute atomic E-state index is 0. The summed E-state index contributed by atoms with van der Waals surface area (Å²) in [6.45, 7) is 20.9. The van der Waals surface area contributed by atoms with Crippen LogP contribution in [0.4, 0.5) is 4.79 Å². The maximum Gasteiger partial charge on any atom is 1.00 e. The molecular formula is C65H76Br3Cs2N3O16. The average molecular weight is 1660 g/mol. The maximum atomic E-state index is 13.1. The molecule has 1 saturated heterocycles. The quantitative estimate of drug-likeness (QED) is 0.0185. The molecule has 3 heterocycles. The van der Waals surface area contributed by atoms with Crippen LogP contribution in [-0.4, -0.2) is 102 Å². The normalized spacial score (nSPS) is 13.2. The van der Waals surface area contributed by atoms with Crippen LogP contribution in [0.2, 0.25) is 0 Å². The summed E-state index contributed by atoms with van der Waals surface area (Å²) in [5.74, 6) is 0.529. The molecule has 3 atom stereocenters. The minimum Gasteiger partial charge on any atom is -1.00 e. The second-order valence-electron chi connectivity index (χ2n) is 21.7. The van der Waals surface area contributed by atoms with Gasteiger partial charge in [0.05, 0.1) is 37.1 Å². The monoisotopic (exact) mass is 1660 g/mol. The molecule has 0 saturated carbocycles. The van der Waals surface area contributed by atoms with Crippen LogP contribution in [0, 0.1) is 0 Å². The number of hydrogen-bond acceptors (Lipinski definition) is 17. The van der Waals surface area contributed by atoms with Gasteiger partial charge in [0.2, 0.25) is 5.91 Å². The Morgan fingerprint density at radius 1 is 0.719 bits per heavy atom. The summed E-state index contributed by atoms with van der Waals surface area (Å²) in [6, 6.07) is 35.0. The molecule has 2 amide bonds. The summed E-state index contributed by atoms with van der Waals surface area (Å²) < 4.78 is 45.8. The Balaban J connectivity index is 0.000000455. The third-order valence-electron chi connectivity index (χ3n) is 13.4. The number of ether oxygens (including phenoxy) is 6. The fourth-order valence-corrected chi connectivity index (χ4v) is 10.8. The number of aromatic nitrogens is 2. The number of hydrogen-bond donors (Lipinski definition) is 2. The van der Waals surface area contributed by atoms with Gasteiger partial charge in [-0.25, -0.2) is 9.69 Å². The zero-order valence-corrected chi connectivity index (χ0v) is 69.3. The third-order valence-corrected chi connectivity index (χ3v) is 15.5. The molecule has 89 heavy (non-hydrogen) atoms. The number of halogens is 3. The number of nitrogens with zero attached hydrogens (tertiary/aromatic N) is 3. The first kappa shape index (κ1) is 80.3. The zero-order valence-electron chi connectivity index (χ0n) is 53.0. The number of phenols is 1. The first-order valence-corrected chi connectivity index (χ1v) is 30.7. The molecule has 5 aromatic carbocycles. The smallest absolute Gasteiger partial charge is 1.00 e. The van der Waals surface area contributed by atoms with Crippen LogP contribution in [0.5, 0.6) is 23.0 Å². The largest absolute Gasteiger partial charge is 1.00 e. The van der Waals surface area contributed by atoms with Gasteiger partial charge < -0.3 is 59.3 Å². The van der Waals surface area contributed by atoms with Gasteiger partial charge in [-0.15, -0.1) is 0 Å². The van der Waals surface area contributed by atoms with Gasteiger partial charge in [0.15, 0.2) is 0 Å². The van der Waals surface area contributed by atoms with Crippen LogP contribution < -0.4 is 157 Å². The van der Waals surface area contributed by atoms with Crippen molar-refractivity contribution in [2.75, 3.05) is 46.2 Å². The average Bonchev–Trinajstić information content (AvgIpc) is 1.37. The van der Waals surface area contributed by atoms with E-state index in [1.807, 2.05) is 74.5 Å². The molecule has 0 aliphatic carbocycles. The van der Waals surface area contributed by atoms with Crippen LogP contribution in [0.15, 0.2) is 146 Å². The van der Waals surface area contributed by atoms with E-state index >= 15 is 0 Å². The summed E-state index contributed by atoms with van der Waals surface area (Å²) in [5, 5.41) is 36.0. The fraction of sp³-hybridized carbons (Fsp3) is 0.385. The van der Waals surface area contributed by atoms with E-state index in [1.54, 1.807) is 36.4 Å². The number of carboxylic acids is 1. The number of amides is 2. The Hall–Kier alpha value is -2.98. The van der Waals surface area contributed by atoms with Crippen molar-refractivity contribution < 1.29 is 216 Å². The summed E-state index contributed by atoms with van der Waals surface area (Å²) >= 11 is 10.8. The van der Waals surface area contributed by atoms with Crippen molar-refractivity contribution >= 4 is 72.2 Å². The van der Waals surface area contributed by atoms with Gasteiger partial charge in [0.25, 0.3) is 6.47 Å². The van der Waals surface area contributed by atoms with E-state index in [0.29, 0.717) is 63.2 Å². The fourth-order valence-electron chi connectivity index (χ4n) is 9.03. The number of benzene rings is 5. The molecule has 0 radical (unpaired) electrons. The van der Waals surface area contributed by atoms with Crippen molar-refractivity contribution in [1.82, 2.24) is 15.2 Å². The van der Waals surface area contributed by atoms with E-state index in [4.69, 9.17) is 47.5 Å². The Labute approximate surface area is 665 Å². The Morgan fingerprint density at radius 2 is 1.20 bits per heavy atom. The predicted molar refractivity (Wildman–Crippen MR) is 335 cm³/mol. The molecule has 0 spiro atoms. The molecule has 0 bridgehead atoms. The number of alkyl halides is 1. The SMILES string of the molecule is CCOCCOc1cc(CBr)c(Br)cc1C(C)(C)C.CCOCCOc1cc(COc2ccc([C@H](CC(=O)O)c3ccon3)cc2)c(Br)cc1C(C)(C)C.O=C(C[C@@H](c1ccc(O)cc1)c1ccon1)N1C(=O)OC[C@@H]1Cc1ccccc1.O=CO[O-].[Cs+].[Cs+].[H-]. The van der Waals surface area contributed by atoms with E-state index in [0.717, 1.165) is 60.2 Å². The van der Waals surface area contributed by atoms with Gasteiger partial charge in [-0.3, -0.25) is 14.4 Å². The minimum atomic E-state index is -0.902. The van der Waals surface area contributed by atoms with Crippen molar-refractivity contribution in [3.05, 3.63) is 187 Å². The second kappa shape index (κ2) is 41.7. The maximum absolute atomic E-state index is 13.1. The number of carboxylic acid groups (broad SMARTS) is 1. The molecular weight excluding hydrogens is 1580 g/mol. The predicted octanol–water partition coefficient (Wildman–Crippen LogP) is 7.44. The van der Waals surface area contributed by atoms with Crippen LogP contribution in [0.25, 0.3) is 0 Å². The molecule has 2 N–H and O–H groups in total. The summed E-state index contributed by atoms with van der Waals surface area (Å²) in [7, 11) is 0. The van der Waals surface area contributed by atoms with Gasteiger partial charge in [0, 0.05) is 74.6 Å². The van der Waals surface area contributed by atoms with Gasteiger partial charge >= 0.3 is 150 Å². The van der Waals surface area contributed by atoms with Crippen molar-refractivity contribution in [2.24, 2.45) is 0 Å². The molecule has 7 aromatic rings. The van der Waals surface area contributed by atoms with E-state index in [1.165, 1.54) is 28.6 Å². The molecule has 0 unspecified atom stereocenters. The van der Waals surface area contributed by atoms with Crippen molar-refractivity contribution in [3.63, 3.8) is 0 Å². The van der Waals surface area contributed by atoms with Gasteiger partial charge in [-0.1, -0.05) is 154 Å². The van der Waals surface area contributed by atoms with E-state index in [-0.39, 0.29) is 194 Å². The first-order chi connectivity index (χ1) is 41.6. The zero-order chi connectivity index (χ0) is 63.5. The Morgan fingerprint density at radius 3 is 1.65 bits per heavy atom. The van der Waals surface area contributed by atoms with Gasteiger partial charge in [0.1, 0.15) is 62.0 Å². The van der Waals surface area contributed by atoms with Gasteiger partial charge in [-0.2, -0.15) is 0 Å². The number of cyclic esters (lactones) is 1. The summed E-state index contributed by atoms with van der Waals surface area (Å²) in [6.07, 6.45) is 2.74. The molecule has 1 fully saturated rings. The number of imide groups is 1. The van der Waals surface area contributed by atoms with E-state index < -0.39 is 23.9 Å². The molecule has 1 aliphatic rings. The molecule has 2 aromatic heterocycles. The summed E-state index contributed by atoms with van der Waals surface area (Å²) in [5.41, 5.74) is 8.23. The second-order valence-corrected chi connectivity index (χ2v) is 24.0. The van der Waals surface area contributed by atoms with E-state index in [9.17, 15) is 24.6 Å². The van der Waals surface area contributed by atoms with Crippen molar-refractivity contribution in [2.45, 2.75) is 115 Å². The van der Waals surface area contributed by atoms with Crippen molar-refractivity contribution in [1.29, 1.82) is 0 Å². The Bertz CT molecular complexity index is 3210. The van der Waals surface area contributed by atoms with Crippen molar-refractivity contribution in [3.8, 4) is 23.0 Å². The molecule has 24 heteroatoms.